The molecule has 1 amide bonds. The van der Waals surface area contributed by atoms with E-state index in [-0.39, 0.29) is 5.91 Å². The third-order valence-electron chi connectivity index (χ3n) is 4.59. The lowest BCUT2D eigenvalue weighted by Gasteiger charge is -2.34. The van der Waals surface area contributed by atoms with Gasteiger partial charge in [0.1, 0.15) is 11.3 Å². The number of hydrogen-bond donors (Lipinski definition) is 0. The van der Waals surface area contributed by atoms with Crippen LogP contribution in [0, 0.1) is 0 Å². The number of thiazole rings is 1. The maximum Gasteiger partial charge on any atom is 0.255 e. The summed E-state index contributed by atoms with van der Waals surface area (Å²) in [5, 5.41) is 1.87. The molecule has 1 aliphatic heterocycles. The molecule has 4 rings (SSSR count). The number of ether oxygens (including phenoxy) is 1. The molecule has 0 N–H and O–H groups in total. The summed E-state index contributed by atoms with van der Waals surface area (Å²) in [4.78, 5) is 21.5. The van der Waals surface area contributed by atoms with Crippen LogP contribution in [0.1, 0.15) is 10.4 Å². The quantitative estimate of drug-likeness (QED) is 0.620. The second-order valence-corrected chi connectivity index (χ2v) is 8.06. The fourth-order valence-corrected chi connectivity index (χ4v) is 4.55. The zero-order chi connectivity index (χ0) is 19.0. The molecule has 8 heteroatoms. The summed E-state index contributed by atoms with van der Waals surface area (Å²) in [6.07, 6.45) is 0. The van der Waals surface area contributed by atoms with Crippen molar-refractivity contribution in [2.24, 2.45) is 0 Å². The number of methoxy groups -OCH3 is 1. The topological polar surface area (TPSA) is 45.7 Å². The first kappa shape index (κ1) is 18.3. The molecular formula is C19H17Cl2N3O2S. The first-order valence-electron chi connectivity index (χ1n) is 8.49. The van der Waals surface area contributed by atoms with Gasteiger partial charge in [-0.2, -0.15) is 0 Å². The Morgan fingerprint density at radius 2 is 1.93 bits per heavy atom. The summed E-state index contributed by atoms with van der Waals surface area (Å²) >= 11 is 13.8. The van der Waals surface area contributed by atoms with Crippen LogP contribution in [0.5, 0.6) is 5.75 Å². The summed E-state index contributed by atoms with van der Waals surface area (Å²) in [5.74, 6) is 0.688. The Morgan fingerprint density at radius 3 is 2.67 bits per heavy atom. The number of aromatic nitrogens is 1. The minimum absolute atomic E-state index is 0.0897. The molecule has 0 atom stereocenters. The zero-order valence-electron chi connectivity index (χ0n) is 14.6. The number of halogens is 2. The van der Waals surface area contributed by atoms with Crippen molar-refractivity contribution in [1.82, 2.24) is 9.88 Å². The van der Waals surface area contributed by atoms with Gasteiger partial charge >= 0.3 is 0 Å². The number of piperazine rings is 1. The predicted molar refractivity (Wildman–Crippen MR) is 111 cm³/mol. The van der Waals surface area contributed by atoms with E-state index < -0.39 is 0 Å². The Morgan fingerprint density at radius 1 is 1.15 bits per heavy atom. The smallest absolute Gasteiger partial charge is 0.255 e. The van der Waals surface area contributed by atoms with Crippen LogP contribution in [-0.2, 0) is 0 Å². The van der Waals surface area contributed by atoms with Crippen LogP contribution < -0.4 is 9.64 Å². The fourth-order valence-electron chi connectivity index (χ4n) is 3.14. The Kier molecular flexibility index (Phi) is 5.12. The fraction of sp³-hybridized carbons (Fsp3) is 0.263. The number of amides is 1. The molecule has 0 bridgehead atoms. The van der Waals surface area contributed by atoms with E-state index >= 15 is 0 Å². The van der Waals surface area contributed by atoms with Crippen molar-refractivity contribution >= 4 is 55.8 Å². The van der Waals surface area contributed by atoms with Gasteiger partial charge in [-0.15, -0.1) is 0 Å². The molecule has 0 unspecified atom stereocenters. The van der Waals surface area contributed by atoms with Crippen LogP contribution in [0.3, 0.4) is 0 Å². The molecule has 0 aliphatic carbocycles. The number of para-hydroxylation sites is 1. The first-order chi connectivity index (χ1) is 13.1. The Labute approximate surface area is 171 Å². The molecular weight excluding hydrogens is 405 g/mol. The number of hydrogen-bond acceptors (Lipinski definition) is 5. The van der Waals surface area contributed by atoms with Crippen LogP contribution in [0.2, 0.25) is 10.0 Å². The predicted octanol–water partition coefficient (Wildman–Crippen LogP) is 4.57. The van der Waals surface area contributed by atoms with E-state index in [2.05, 4.69) is 4.90 Å². The highest BCUT2D eigenvalue weighted by molar-refractivity contribution is 7.22. The Hall–Kier alpha value is -2.02. The third kappa shape index (κ3) is 3.57. The first-order valence-corrected chi connectivity index (χ1v) is 10.1. The molecule has 5 nitrogen and oxygen atoms in total. The summed E-state index contributed by atoms with van der Waals surface area (Å²) in [7, 11) is 1.65. The zero-order valence-corrected chi connectivity index (χ0v) is 16.9. The van der Waals surface area contributed by atoms with E-state index in [0.717, 1.165) is 21.1 Å². The SMILES string of the molecule is COc1cccc2sc(N3CCN(C(=O)c4cc(Cl)ccc4Cl)CC3)nc12. The lowest BCUT2D eigenvalue weighted by Crippen LogP contribution is -2.48. The van der Waals surface area contributed by atoms with Gasteiger partial charge in [0.15, 0.2) is 5.13 Å². The van der Waals surface area contributed by atoms with Gasteiger partial charge in [0.25, 0.3) is 5.91 Å². The lowest BCUT2D eigenvalue weighted by atomic mass is 10.2. The van der Waals surface area contributed by atoms with Crippen molar-refractivity contribution in [2.75, 3.05) is 38.2 Å². The average Bonchev–Trinajstić information content (AvgIpc) is 3.14. The molecule has 2 heterocycles. The van der Waals surface area contributed by atoms with Crippen LogP contribution in [0.25, 0.3) is 10.2 Å². The molecule has 0 radical (unpaired) electrons. The van der Waals surface area contributed by atoms with Crippen molar-refractivity contribution < 1.29 is 9.53 Å². The number of nitrogens with zero attached hydrogens (tertiary/aromatic N) is 3. The van der Waals surface area contributed by atoms with E-state index in [9.17, 15) is 4.79 Å². The number of fused-ring (bicyclic) bond motifs is 1. The molecule has 27 heavy (non-hydrogen) atoms. The van der Waals surface area contributed by atoms with E-state index in [4.69, 9.17) is 32.9 Å². The Bertz CT molecular complexity index is 1000. The molecule has 3 aromatic rings. The highest BCUT2D eigenvalue weighted by Gasteiger charge is 2.25. The van der Waals surface area contributed by atoms with Crippen LogP contribution in [-0.4, -0.2) is 49.1 Å². The molecule has 2 aromatic carbocycles. The van der Waals surface area contributed by atoms with E-state index in [1.807, 2.05) is 23.1 Å². The summed E-state index contributed by atoms with van der Waals surface area (Å²) < 4.78 is 6.49. The van der Waals surface area contributed by atoms with Crippen LogP contribution in [0.15, 0.2) is 36.4 Å². The molecule has 0 saturated carbocycles. The van der Waals surface area contributed by atoms with Gasteiger partial charge < -0.3 is 14.5 Å². The van der Waals surface area contributed by atoms with Gasteiger partial charge in [-0.05, 0) is 30.3 Å². The van der Waals surface area contributed by atoms with Gasteiger partial charge in [0.2, 0.25) is 0 Å². The minimum Gasteiger partial charge on any atom is -0.494 e. The second-order valence-electron chi connectivity index (χ2n) is 6.21. The highest BCUT2D eigenvalue weighted by Crippen LogP contribution is 2.34. The van der Waals surface area contributed by atoms with Gasteiger partial charge in [-0.3, -0.25) is 4.79 Å². The van der Waals surface area contributed by atoms with E-state index in [1.165, 1.54) is 0 Å². The number of rotatable bonds is 3. The molecule has 1 fully saturated rings. The maximum atomic E-state index is 12.8. The number of carbonyl (C=O) groups is 1. The van der Waals surface area contributed by atoms with Crippen molar-refractivity contribution in [3.05, 3.63) is 52.0 Å². The summed E-state index contributed by atoms with van der Waals surface area (Å²) in [5.41, 5.74) is 1.33. The van der Waals surface area contributed by atoms with Gasteiger partial charge in [0, 0.05) is 31.2 Å². The van der Waals surface area contributed by atoms with Crippen molar-refractivity contribution in [3.63, 3.8) is 0 Å². The van der Waals surface area contributed by atoms with E-state index in [0.29, 0.717) is 41.8 Å². The monoisotopic (exact) mass is 421 g/mol. The largest absolute Gasteiger partial charge is 0.494 e. The van der Waals surface area contributed by atoms with Crippen molar-refractivity contribution in [1.29, 1.82) is 0 Å². The summed E-state index contributed by atoms with van der Waals surface area (Å²) in [6.45, 7) is 2.64. The van der Waals surface area contributed by atoms with Gasteiger partial charge in [-0.25, -0.2) is 4.98 Å². The van der Waals surface area contributed by atoms with Gasteiger partial charge in [-0.1, -0.05) is 40.6 Å². The minimum atomic E-state index is -0.0897. The number of carbonyl (C=O) groups excluding carboxylic acids is 1. The van der Waals surface area contributed by atoms with E-state index in [1.54, 1.807) is 36.6 Å². The molecule has 0 spiro atoms. The van der Waals surface area contributed by atoms with Gasteiger partial charge in [0.05, 0.1) is 22.4 Å². The van der Waals surface area contributed by atoms with Crippen LogP contribution >= 0.6 is 34.5 Å². The number of anilines is 1. The maximum absolute atomic E-state index is 12.8. The standard InChI is InChI=1S/C19H17Cl2N3O2S/c1-26-15-3-2-4-16-17(15)22-19(27-16)24-9-7-23(8-10-24)18(25)13-11-12(20)5-6-14(13)21/h2-6,11H,7-10H2,1H3. The van der Waals surface area contributed by atoms with Crippen LogP contribution in [0.4, 0.5) is 5.13 Å². The molecule has 1 aliphatic rings. The molecule has 140 valence electrons. The highest BCUT2D eigenvalue weighted by atomic mass is 35.5. The third-order valence-corrected chi connectivity index (χ3v) is 6.23. The average molecular weight is 422 g/mol. The molecule has 1 aromatic heterocycles. The normalized spacial score (nSPS) is 14.6. The lowest BCUT2D eigenvalue weighted by molar-refractivity contribution is 0.0747. The second kappa shape index (κ2) is 7.54. The Balaban J connectivity index is 1.49. The van der Waals surface area contributed by atoms with Crippen molar-refractivity contribution in [3.8, 4) is 5.75 Å². The van der Waals surface area contributed by atoms with Crippen molar-refractivity contribution in [2.45, 2.75) is 0 Å². The number of benzene rings is 2. The molecule has 1 saturated heterocycles. The summed E-state index contributed by atoms with van der Waals surface area (Å²) in [6, 6.07) is 10.9.